The van der Waals surface area contributed by atoms with Gasteiger partial charge in [-0.15, -0.1) is 0 Å². The van der Waals surface area contributed by atoms with E-state index in [1.165, 1.54) is 32.9 Å². The molecule has 0 heterocycles. The minimum Gasteiger partial charge on any atom is -0.387 e. The van der Waals surface area contributed by atoms with Crippen LogP contribution in [0.3, 0.4) is 0 Å². The summed E-state index contributed by atoms with van der Waals surface area (Å²) in [6.07, 6.45) is -0.693. The van der Waals surface area contributed by atoms with Crippen LogP contribution in [-0.4, -0.2) is 24.5 Å². The highest BCUT2D eigenvalue weighted by atomic mass is 32.2. The fourth-order valence-electron chi connectivity index (χ4n) is 1.45. The second-order valence-corrected chi connectivity index (χ2v) is 7.47. The molecule has 1 atom stereocenters. The maximum atomic E-state index is 13.7. The molecule has 0 aliphatic rings. The molecule has 0 bridgehead atoms. The van der Waals surface area contributed by atoms with Gasteiger partial charge in [-0.05, 0) is 26.3 Å². The van der Waals surface area contributed by atoms with Crippen molar-refractivity contribution in [2.75, 3.05) is 6.26 Å². The zero-order valence-corrected chi connectivity index (χ0v) is 11.5. The monoisotopic (exact) mass is 278 g/mol. The number of benzene rings is 1. The lowest BCUT2D eigenvalue weighted by molar-refractivity contribution is 0.134. The van der Waals surface area contributed by atoms with Crippen LogP contribution < -0.4 is 0 Å². The van der Waals surface area contributed by atoms with Crippen molar-refractivity contribution in [2.45, 2.75) is 31.6 Å². The molecule has 0 amide bonds. The topological polar surface area (TPSA) is 54.4 Å². The SMILES string of the molecule is Cc1ccc(C(O)C(C)(C)S(C)(=O)=O)c(F)c1F. The number of aliphatic hydroxyl groups excluding tert-OH is 1. The van der Waals surface area contributed by atoms with Crippen molar-refractivity contribution in [1.29, 1.82) is 0 Å². The third-order valence-electron chi connectivity index (χ3n) is 3.21. The second kappa shape index (κ2) is 4.59. The van der Waals surface area contributed by atoms with Crippen molar-refractivity contribution in [3.05, 3.63) is 34.9 Å². The molecule has 0 fully saturated rings. The van der Waals surface area contributed by atoms with Gasteiger partial charge in [0, 0.05) is 11.8 Å². The smallest absolute Gasteiger partial charge is 0.164 e. The van der Waals surface area contributed by atoms with Gasteiger partial charge in [0.05, 0.1) is 4.75 Å². The van der Waals surface area contributed by atoms with Gasteiger partial charge in [0.15, 0.2) is 21.5 Å². The molecular formula is C12H16F2O3S. The molecule has 102 valence electrons. The third-order valence-corrected chi connectivity index (χ3v) is 5.35. The van der Waals surface area contributed by atoms with Gasteiger partial charge < -0.3 is 5.11 Å². The Morgan fingerprint density at radius 3 is 2.17 bits per heavy atom. The van der Waals surface area contributed by atoms with Gasteiger partial charge in [-0.3, -0.25) is 0 Å². The Morgan fingerprint density at radius 2 is 1.72 bits per heavy atom. The number of hydrogen-bond donors (Lipinski definition) is 1. The van der Waals surface area contributed by atoms with Crippen molar-refractivity contribution in [2.24, 2.45) is 0 Å². The number of halogens is 2. The summed E-state index contributed by atoms with van der Waals surface area (Å²) in [5.74, 6) is -2.28. The van der Waals surface area contributed by atoms with Crippen LogP contribution in [0, 0.1) is 18.6 Å². The van der Waals surface area contributed by atoms with Crippen LogP contribution in [0.5, 0.6) is 0 Å². The maximum Gasteiger partial charge on any atom is 0.164 e. The van der Waals surface area contributed by atoms with E-state index in [0.717, 1.165) is 6.26 Å². The van der Waals surface area contributed by atoms with Gasteiger partial charge in [0.1, 0.15) is 6.10 Å². The fourth-order valence-corrected chi connectivity index (χ4v) is 1.98. The zero-order valence-electron chi connectivity index (χ0n) is 10.7. The number of aryl methyl sites for hydroxylation is 1. The Morgan fingerprint density at radius 1 is 1.22 bits per heavy atom. The van der Waals surface area contributed by atoms with Crippen molar-refractivity contribution >= 4 is 9.84 Å². The molecule has 0 saturated carbocycles. The Labute approximate surface area is 105 Å². The first kappa shape index (κ1) is 15.0. The van der Waals surface area contributed by atoms with E-state index in [1.807, 2.05) is 0 Å². The molecule has 1 unspecified atom stereocenters. The standard InChI is InChI=1S/C12H16F2O3S/c1-7-5-6-8(10(14)9(7)13)11(15)12(2,3)18(4,16)17/h5-6,11,15H,1-4H3. The molecule has 1 N–H and O–H groups in total. The average molecular weight is 278 g/mol. The lowest BCUT2D eigenvalue weighted by atomic mass is 9.96. The van der Waals surface area contributed by atoms with Crippen LogP contribution in [0.15, 0.2) is 12.1 Å². The van der Waals surface area contributed by atoms with E-state index in [1.54, 1.807) is 0 Å². The van der Waals surface area contributed by atoms with E-state index in [9.17, 15) is 22.3 Å². The third kappa shape index (κ3) is 2.40. The molecule has 1 rings (SSSR count). The van der Waals surface area contributed by atoms with Crippen LogP contribution in [0.4, 0.5) is 8.78 Å². The summed E-state index contributed by atoms with van der Waals surface area (Å²) in [5, 5.41) is 9.99. The van der Waals surface area contributed by atoms with Crippen molar-refractivity contribution in [1.82, 2.24) is 0 Å². The van der Waals surface area contributed by atoms with Gasteiger partial charge in [0.25, 0.3) is 0 Å². The second-order valence-electron chi connectivity index (χ2n) is 4.88. The fraction of sp³-hybridized carbons (Fsp3) is 0.500. The van der Waals surface area contributed by atoms with E-state index in [-0.39, 0.29) is 11.1 Å². The molecule has 1 aromatic carbocycles. The summed E-state index contributed by atoms with van der Waals surface area (Å²) in [6, 6.07) is 2.50. The molecular weight excluding hydrogens is 262 g/mol. The lowest BCUT2D eigenvalue weighted by Crippen LogP contribution is -2.38. The van der Waals surface area contributed by atoms with Crippen LogP contribution >= 0.6 is 0 Å². The summed E-state index contributed by atoms with van der Waals surface area (Å²) >= 11 is 0. The summed E-state index contributed by atoms with van der Waals surface area (Å²) in [7, 11) is -3.63. The largest absolute Gasteiger partial charge is 0.387 e. The molecule has 0 spiro atoms. The molecule has 1 aromatic rings. The van der Waals surface area contributed by atoms with Crippen molar-refractivity contribution in [3.8, 4) is 0 Å². The van der Waals surface area contributed by atoms with E-state index >= 15 is 0 Å². The molecule has 0 aliphatic heterocycles. The maximum absolute atomic E-state index is 13.7. The lowest BCUT2D eigenvalue weighted by Gasteiger charge is -2.29. The van der Waals surface area contributed by atoms with Gasteiger partial charge in [-0.2, -0.15) is 0 Å². The van der Waals surface area contributed by atoms with Crippen LogP contribution in [0.25, 0.3) is 0 Å². The Kier molecular flexibility index (Phi) is 3.83. The minimum absolute atomic E-state index is 0.0978. The zero-order chi connectivity index (χ0) is 14.3. The normalized spacial score (nSPS) is 14.6. The molecule has 0 saturated heterocycles. The number of hydrogen-bond acceptors (Lipinski definition) is 3. The highest BCUT2D eigenvalue weighted by Crippen LogP contribution is 2.34. The number of rotatable bonds is 3. The predicted molar refractivity (Wildman–Crippen MR) is 65.0 cm³/mol. The first-order chi connectivity index (χ1) is 8.00. The first-order valence-corrected chi connectivity index (χ1v) is 7.21. The predicted octanol–water partition coefficient (Wildman–Crippen LogP) is 2.13. The summed E-state index contributed by atoms with van der Waals surface area (Å²) in [6.45, 7) is 3.92. The van der Waals surface area contributed by atoms with Gasteiger partial charge in [-0.1, -0.05) is 12.1 Å². The number of sulfone groups is 1. The summed E-state index contributed by atoms with van der Waals surface area (Å²) < 4.78 is 48.6. The van der Waals surface area contributed by atoms with Crippen molar-refractivity contribution in [3.63, 3.8) is 0 Å². The van der Waals surface area contributed by atoms with E-state index < -0.39 is 32.3 Å². The van der Waals surface area contributed by atoms with Gasteiger partial charge >= 0.3 is 0 Å². The summed E-state index contributed by atoms with van der Waals surface area (Å²) in [4.78, 5) is 0. The molecule has 6 heteroatoms. The van der Waals surface area contributed by atoms with E-state index in [4.69, 9.17) is 0 Å². The molecule has 0 radical (unpaired) electrons. The Hall–Kier alpha value is -1.01. The van der Waals surface area contributed by atoms with Crippen LogP contribution in [0.1, 0.15) is 31.1 Å². The first-order valence-electron chi connectivity index (χ1n) is 5.32. The molecule has 18 heavy (non-hydrogen) atoms. The highest BCUT2D eigenvalue weighted by molar-refractivity contribution is 7.92. The Balaban J connectivity index is 3.37. The quantitative estimate of drug-likeness (QED) is 0.921. The van der Waals surface area contributed by atoms with E-state index in [2.05, 4.69) is 0 Å². The summed E-state index contributed by atoms with van der Waals surface area (Å²) in [5.41, 5.74) is -0.255. The van der Waals surface area contributed by atoms with Crippen LogP contribution in [-0.2, 0) is 9.84 Å². The Bertz CT molecular complexity index is 565. The van der Waals surface area contributed by atoms with Gasteiger partial charge in [0.2, 0.25) is 0 Å². The van der Waals surface area contributed by atoms with E-state index in [0.29, 0.717) is 0 Å². The van der Waals surface area contributed by atoms with Gasteiger partial charge in [-0.25, -0.2) is 17.2 Å². The minimum atomic E-state index is -3.63. The highest BCUT2D eigenvalue weighted by Gasteiger charge is 2.40. The molecule has 0 aromatic heterocycles. The molecule has 3 nitrogen and oxygen atoms in total. The average Bonchev–Trinajstić information content (AvgIpc) is 2.24. The number of aliphatic hydroxyl groups is 1. The molecule has 0 aliphatic carbocycles. The van der Waals surface area contributed by atoms with Crippen molar-refractivity contribution < 1.29 is 22.3 Å². The van der Waals surface area contributed by atoms with Crippen LogP contribution in [0.2, 0.25) is 0 Å².